The highest BCUT2D eigenvalue weighted by atomic mass is 32.1. The summed E-state index contributed by atoms with van der Waals surface area (Å²) in [4.78, 5) is 11.9. The van der Waals surface area contributed by atoms with Gasteiger partial charge in [-0.05, 0) is 23.8 Å². The minimum Gasteiger partial charge on any atom is -0.382 e. The summed E-state index contributed by atoms with van der Waals surface area (Å²) in [6.07, 6.45) is 2.71. The molecule has 4 aromatic rings. The fourth-order valence-corrected chi connectivity index (χ4v) is 4.35. The predicted molar refractivity (Wildman–Crippen MR) is 113 cm³/mol. The average molecular weight is 437 g/mol. The Labute approximate surface area is 181 Å². The first-order valence-electron chi connectivity index (χ1n) is 9.34. The van der Waals surface area contributed by atoms with Crippen LogP contribution in [0.1, 0.15) is 23.4 Å². The second-order valence-electron chi connectivity index (χ2n) is 7.09. The van der Waals surface area contributed by atoms with Gasteiger partial charge in [-0.2, -0.15) is 5.10 Å². The molecule has 0 saturated heterocycles. The molecule has 2 heterocycles. The number of thiazole rings is 1. The lowest BCUT2D eigenvalue weighted by atomic mass is 9.82. The summed E-state index contributed by atoms with van der Waals surface area (Å²) in [5.74, 6) is -2.06. The smallest absolute Gasteiger partial charge is 0.187 e. The summed E-state index contributed by atoms with van der Waals surface area (Å²) in [6.45, 7) is 8.64. The molecular formula is C22H17F2N5OS. The van der Waals surface area contributed by atoms with Crippen molar-refractivity contribution >= 4 is 17.0 Å². The number of hydrogen-bond acceptors (Lipinski definition) is 5. The maximum absolute atomic E-state index is 14.7. The van der Waals surface area contributed by atoms with Gasteiger partial charge >= 0.3 is 0 Å². The van der Waals surface area contributed by atoms with E-state index in [2.05, 4.69) is 19.9 Å². The highest BCUT2D eigenvalue weighted by Gasteiger charge is 2.41. The van der Waals surface area contributed by atoms with Crippen molar-refractivity contribution < 1.29 is 13.9 Å². The van der Waals surface area contributed by atoms with E-state index in [1.54, 1.807) is 31.2 Å². The molecule has 0 aliphatic carbocycles. The van der Waals surface area contributed by atoms with Gasteiger partial charge in [-0.1, -0.05) is 31.2 Å². The first-order valence-corrected chi connectivity index (χ1v) is 10.2. The van der Waals surface area contributed by atoms with E-state index in [1.165, 1.54) is 28.7 Å². The van der Waals surface area contributed by atoms with Crippen LogP contribution >= 0.6 is 11.3 Å². The second-order valence-corrected chi connectivity index (χ2v) is 7.98. The molecule has 31 heavy (non-hydrogen) atoms. The van der Waals surface area contributed by atoms with Crippen LogP contribution in [0.2, 0.25) is 0 Å². The van der Waals surface area contributed by atoms with Gasteiger partial charge in [-0.25, -0.2) is 28.3 Å². The number of aliphatic hydroxyl groups is 1. The first kappa shape index (κ1) is 20.8. The number of halogens is 2. The SMILES string of the molecule is [C-]#[N+]c1ccc(-c2csc([C@H](C)[C@](O)(Cn3cncn3)c3cc(F)ccc3F)n2)cc1. The Morgan fingerprint density at radius 2 is 2.00 bits per heavy atom. The number of aromatic nitrogens is 4. The number of nitrogens with zero attached hydrogens (tertiary/aromatic N) is 5. The summed E-state index contributed by atoms with van der Waals surface area (Å²) < 4.78 is 30.0. The molecule has 2 aromatic carbocycles. The molecule has 4 rings (SSSR count). The quantitative estimate of drug-likeness (QED) is 0.435. The molecule has 0 spiro atoms. The third kappa shape index (κ3) is 4.08. The van der Waals surface area contributed by atoms with Gasteiger partial charge in [0, 0.05) is 16.9 Å². The molecule has 0 fully saturated rings. The van der Waals surface area contributed by atoms with Gasteiger partial charge in [0.25, 0.3) is 0 Å². The normalized spacial score (nSPS) is 14.0. The third-order valence-electron chi connectivity index (χ3n) is 5.17. The van der Waals surface area contributed by atoms with Gasteiger partial charge in [-0.3, -0.25) is 0 Å². The lowest BCUT2D eigenvalue weighted by molar-refractivity contribution is -0.0114. The van der Waals surface area contributed by atoms with E-state index in [4.69, 9.17) is 6.57 Å². The topological polar surface area (TPSA) is 68.2 Å². The van der Waals surface area contributed by atoms with Gasteiger partial charge in [0.2, 0.25) is 0 Å². The number of hydrogen-bond donors (Lipinski definition) is 1. The largest absolute Gasteiger partial charge is 0.382 e. The van der Waals surface area contributed by atoms with Crippen LogP contribution in [-0.4, -0.2) is 24.9 Å². The van der Waals surface area contributed by atoms with Crippen LogP contribution in [0.4, 0.5) is 14.5 Å². The lowest BCUT2D eigenvalue weighted by Crippen LogP contribution is -2.38. The van der Waals surface area contributed by atoms with Gasteiger partial charge in [0.05, 0.1) is 23.8 Å². The first-order chi connectivity index (χ1) is 14.9. The van der Waals surface area contributed by atoms with Crippen molar-refractivity contribution in [2.45, 2.75) is 25.0 Å². The summed E-state index contributed by atoms with van der Waals surface area (Å²) in [5.41, 5.74) is 0.0123. The Morgan fingerprint density at radius 3 is 2.68 bits per heavy atom. The average Bonchev–Trinajstić information content (AvgIpc) is 3.47. The molecule has 156 valence electrons. The highest BCUT2D eigenvalue weighted by molar-refractivity contribution is 7.10. The van der Waals surface area contributed by atoms with E-state index in [0.717, 1.165) is 23.8 Å². The van der Waals surface area contributed by atoms with E-state index in [0.29, 0.717) is 16.4 Å². The summed E-state index contributed by atoms with van der Waals surface area (Å²) in [7, 11) is 0. The molecule has 0 aliphatic rings. The van der Waals surface area contributed by atoms with Crippen LogP contribution in [0.5, 0.6) is 0 Å². The van der Waals surface area contributed by atoms with Crippen LogP contribution in [0, 0.1) is 18.2 Å². The number of rotatable bonds is 6. The van der Waals surface area contributed by atoms with Crippen molar-refractivity contribution in [3.63, 3.8) is 0 Å². The molecule has 0 radical (unpaired) electrons. The van der Waals surface area contributed by atoms with E-state index >= 15 is 0 Å². The Kier molecular flexibility index (Phi) is 5.59. The zero-order chi connectivity index (χ0) is 22.0. The van der Waals surface area contributed by atoms with Crippen LogP contribution in [0.3, 0.4) is 0 Å². The predicted octanol–water partition coefficient (Wildman–Crippen LogP) is 4.92. The third-order valence-corrected chi connectivity index (χ3v) is 6.19. The summed E-state index contributed by atoms with van der Waals surface area (Å²) in [5, 5.41) is 18.1. The molecule has 0 unspecified atom stereocenters. The maximum atomic E-state index is 14.7. The molecule has 6 nitrogen and oxygen atoms in total. The molecule has 0 aliphatic heterocycles. The standard InChI is InChI=1S/C22H17F2N5OS/c1-14(21-28-20(10-31-21)15-3-6-17(25-2)7-4-15)22(30,11-29-13-26-12-27-29)18-9-16(23)5-8-19(18)24/h3-10,12-14,30H,11H2,1H3/t14-,22+/m0/s1. The van der Waals surface area contributed by atoms with Crippen molar-refractivity contribution in [3.8, 4) is 11.3 Å². The fourth-order valence-electron chi connectivity index (χ4n) is 3.38. The van der Waals surface area contributed by atoms with Crippen LogP contribution in [0.25, 0.3) is 16.1 Å². The van der Waals surface area contributed by atoms with Crippen LogP contribution < -0.4 is 0 Å². The van der Waals surface area contributed by atoms with E-state index in [9.17, 15) is 13.9 Å². The summed E-state index contributed by atoms with van der Waals surface area (Å²) >= 11 is 1.31. The van der Waals surface area contributed by atoms with E-state index < -0.39 is 23.2 Å². The van der Waals surface area contributed by atoms with Crippen LogP contribution in [-0.2, 0) is 12.1 Å². The highest BCUT2D eigenvalue weighted by Crippen LogP contribution is 2.41. The minimum atomic E-state index is -1.83. The molecule has 2 aromatic heterocycles. The Balaban J connectivity index is 1.74. The van der Waals surface area contributed by atoms with Gasteiger partial charge in [-0.15, -0.1) is 11.3 Å². The van der Waals surface area contributed by atoms with Gasteiger partial charge < -0.3 is 5.11 Å². The summed E-state index contributed by atoms with van der Waals surface area (Å²) in [6, 6.07) is 10.0. The molecule has 0 saturated carbocycles. The zero-order valence-electron chi connectivity index (χ0n) is 16.4. The van der Waals surface area contributed by atoms with Crippen LogP contribution in [0.15, 0.2) is 60.5 Å². The van der Waals surface area contributed by atoms with Gasteiger partial charge in [0.1, 0.15) is 29.9 Å². The Bertz CT molecular complexity index is 1230. The van der Waals surface area contributed by atoms with Crippen molar-refractivity contribution in [2.24, 2.45) is 0 Å². The molecule has 9 heteroatoms. The van der Waals surface area contributed by atoms with Gasteiger partial charge in [0.15, 0.2) is 5.69 Å². The molecule has 0 amide bonds. The van der Waals surface area contributed by atoms with Crippen molar-refractivity contribution in [3.05, 3.63) is 94.1 Å². The van der Waals surface area contributed by atoms with Crippen molar-refractivity contribution in [2.75, 3.05) is 0 Å². The van der Waals surface area contributed by atoms with E-state index in [-0.39, 0.29) is 12.1 Å². The maximum Gasteiger partial charge on any atom is 0.187 e. The van der Waals surface area contributed by atoms with E-state index in [1.807, 2.05) is 5.38 Å². The molecule has 0 bridgehead atoms. The lowest BCUT2D eigenvalue weighted by Gasteiger charge is -2.33. The molecule has 2 atom stereocenters. The van der Waals surface area contributed by atoms with Crippen molar-refractivity contribution in [1.82, 2.24) is 19.7 Å². The zero-order valence-corrected chi connectivity index (χ0v) is 17.2. The van der Waals surface area contributed by atoms with Crippen molar-refractivity contribution in [1.29, 1.82) is 0 Å². The minimum absolute atomic E-state index is 0.136. The fraction of sp³-hybridized carbons (Fsp3) is 0.182. The monoisotopic (exact) mass is 437 g/mol. The molecule has 1 N–H and O–H groups in total. The number of benzene rings is 2. The molecular weight excluding hydrogens is 420 g/mol. The Hall–Kier alpha value is -3.48. The second kappa shape index (κ2) is 8.34. The Morgan fingerprint density at radius 1 is 1.23 bits per heavy atom.